The lowest BCUT2D eigenvalue weighted by Gasteiger charge is -2.27. The number of anilines is 6. The number of thiophene rings is 1. The maximum atomic E-state index is 2.40. The molecule has 9 rings (SSSR count). The summed E-state index contributed by atoms with van der Waals surface area (Å²) in [5, 5.41) is 7.75. The molecule has 0 saturated carbocycles. The first-order chi connectivity index (χ1) is 26.5. The minimum Gasteiger partial charge on any atom is -0.310 e. The number of para-hydroxylation sites is 2. The van der Waals surface area contributed by atoms with Crippen LogP contribution in [-0.2, 0) is 10.8 Å². The van der Waals surface area contributed by atoms with Crippen LogP contribution in [0.25, 0.3) is 41.7 Å². The van der Waals surface area contributed by atoms with Crippen molar-refractivity contribution in [2.24, 2.45) is 0 Å². The predicted octanol–water partition coefficient (Wildman–Crippen LogP) is 15.9. The molecule has 1 heterocycles. The normalized spacial score (nSPS) is 12.2. The Balaban J connectivity index is 1.22. The highest BCUT2D eigenvalue weighted by Gasteiger charge is 2.21. The van der Waals surface area contributed by atoms with Gasteiger partial charge >= 0.3 is 0 Å². The van der Waals surface area contributed by atoms with Gasteiger partial charge in [0.05, 0.1) is 0 Å². The molecule has 3 heteroatoms. The average Bonchev–Trinajstić information content (AvgIpc) is 3.58. The fourth-order valence-corrected chi connectivity index (χ4v) is 9.27. The van der Waals surface area contributed by atoms with Gasteiger partial charge in [-0.05, 0) is 111 Å². The summed E-state index contributed by atoms with van der Waals surface area (Å²) in [6.07, 6.45) is 0. The van der Waals surface area contributed by atoms with Crippen LogP contribution in [-0.4, -0.2) is 0 Å². The summed E-state index contributed by atoms with van der Waals surface area (Å²) in [5.41, 5.74) is 9.72. The quantitative estimate of drug-likeness (QED) is 0.157. The summed E-state index contributed by atoms with van der Waals surface area (Å²) in [6, 6.07) is 62.6. The molecule has 1 aromatic heterocycles. The zero-order valence-corrected chi connectivity index (χ0v) is 33.3. The molecule has 0 amide bonds. The van der Waals surface area contributed by atoms with Gasteiger partial charge in [-0.2, -0.15) is 0 Å². The number of rotatable bonds is 6. The van der Waals surface area contributed by atoms with Gasteiger partial charge in [0.1, 0.15) is 0 Å². The summed E-state index contributed by atoms with van der Waals surface area (Å²) >= 11 is 1.90. The molecule has 0 radical (unpaired) electrons. The highest BCUT2D eigenvalue weighted by atomic mass is 32.1. The summed E-state index contributed by atoms with van der Waals surface area (Å²) in [6.45, 7) is 13.6. The lowest BCUT2D eigenvalue weighted by atomic mass is 9.87. The van der Waals surface area contributed by atoms with Crippen molar-refractivity contribution in [2.45, 2.75) is 52.4 Å². The van der Waals surface area contributed by atoms with Gasteiger partial charge < -0.3 is 9.80 Å². The molecule has 0 atom stereocenters. The molecular formula is C52H46N2S. The van der Waals surface area contributed by atoms with Gasteiger partial charge in [0.15, 0.2) is 0 Å². The van der Waals surface area contributed by atoms with Crippen molar-refractivity contribution in [1.29, 1.82) is 0 Å². The number of hydrogen-bond donors (Lipinski definition) is 0. The number of benzene rings is 8. The van der Waals surface area contributed by atoms with Crippen LogP contribution in [0.5, 0.6) is 0 Å². The van der Waals surface area contributed by atoms with Crippen LogP contribution in [0.4, 0.5) is 34.1 Å². The smallest absolute Gasteiger partial charge is 0.0476 e. The Morgan fingerprint density at radius 1 is 0.345 bits per heavy atom. The number of fused-ring (bicyclic) bond motifs is 8. The van der Waals surface area contributed by atoms with E-state index in [0.717, 1.165) is 34.1 Å². The molecule has 8 aromatic carbocycles. The van der Waals surface area contributed by atoms with Crippen LogP contribution in [0.15, 0.2) is 170 Å². The van der Waals surface area contributed by atoms with Crippen LogP contribution < -0.4 is 9.80 Å². The van der Waals surface area contributed by atoms with Crippen molar-refractivity contribution in [3.8, 4) is 0 Å². The second kappa shape index (κ2) is 13.4. The van der Waals surface area contributed by atoms with Crippen LogP contribution in [0, 0.1) is 0 Å². The van der Waals surface area contributed by atoms with Crippen molar-refractivity contribution in [1.82, 2.24) is 0 Å². The highest BCUT2D eigenvalue weighted by molar-refractivity contribution is 7.27. The van der Waals surface area contributed by atoms with Gasteiger partial charge in [-0.3, -0.25) is 0 Å². The van der Waals surface area contributed by atoms with E-state index in [9.17, 15) is 0 Å². The summed E-state index contributed by atoms with van der Waals surface area (Å²) < 4.78 is 2.61. The average molecular weight is 731 g/mol. The molecule has 0 unspecified atom stereocenters. The van der Waals surface area contributed by atoms with E-state index in [1.165, 1.54) is 52.8 Å². The Hall–Kier alpha value is -5.90. The third kappa shape index (κ3) is 6.33. The van der Waals surface area contributed by atoms with Crippen LogP contribution in [0.1, 0.15) is 52.7 Å². The van der Waals surface area contributed by atoms with Gasteiger partial charge in [0, 0.05) is 59.7 Å². The van der Waals surface area contributed by atoms with Gasteiger partial charge in [-0.15, -0.1) is 11.3 Å². The maximum absolute atomic E-state index is 2.40. The standard InChI is InChI=1S/C52H46N2S/c1-51(2,3)35-21-25-39(26-22-35)53(37-15-9-7-10-16-37)41-29-31-45-47(33-41)43-19-13-14-20-44(43)49-46-32-30-42(34-48(46)55-50(45)49)54(38-17-11-8-12-18-38)40-27-23-36(24-28-40)52(4,5)6/h7-34H,1-6H3. The SMILES string of the molecule is CC(C)(C)c1ccc(N(c2ccccc2)c2ccc3c(c2)sc2c4ccc(N(c5ccccc5)c5ccc(C(C)(C)C)cc5)cc4c4ccccc4c32)cc1. The van der Waals surface area contributed by atoms with Crippen molar-refractivity contribution in [2.75, 3.05) is 9.80 Å². The molecule has 270 valence electrons. The first kappa shape index (κ1) is 34.8. The molecule has 0 bridgehead atoms. The van der Waals surface area contributed by atoms with Crippen molar-refractivity contribution in [3.05, 3.63) is 181 Å². The van der Waals surface area contributed by atoms with E-state index >= 15 is 0 Å². The molecule has 0 spiro atoms. The van der Waals surface area contributed by atoms with E-state index in [0.29, 0.717) is 0 Å². The monoisotopic (exact) mass is 730 g/mol. The molecule has 0 saturated heterocycles. The summed E-state index contributed by atoms with van der Waals surface area (Å²) in [4.78, 5) is 4.76. The van der Waals surface area contributed by atoms with E-state index < -0.39 is 0 Å². The van der Waals surface area contributed by atoms with Crippen molar-refractivity contribution >= 4 is 87.2 Å². The van der Waals surface area contributed by atoms with Crippen molar-refractivity contribution in [3.63, 3.8) is 0 Å². The second-order valence-corrected chi connectivity index (χ2v) is 17.7. The van der Waals surface area contributed by atoms with Crippen LogP contribution in [0.2, 0.25) is 0 Å². The summed E-state index contributed by atoms with van der Waals surface area (Å²) in [7, 11) is 0. The first-order valence-electron chi connectivity index (χ1n) is 19.3. The van der Waals surface area contributed by atoms with E-state index in [-0.39, 0.29) is 10.8 Å². The van der Waals surface area contributed by atoms with Crippen LogP contribution >= 0.6 is 11.3 Å². The third-order valence-electron chi connectivity index (χ3n) is 10.9. The molecule has 0 aliphatic carbocycles. The molecule has 0 fully saturated rings. The number of nitrogens with zero attached hydrogens (tertiary/aromatic N) is 2. The lowest BCUT2D eigenvalue weighted by molar-refractivity contribution is 0.590. The first-order valence-corrected chi connectivity index (χ1v) is 20.1. The topological polar surface area (TPSA) is 6.48 Å². The largest absolute Gasteiger partial charge is 0.310 e. The van der Waals surface area contributed by atoms with E-state index in [1.807, 2.05) is 11.3 Å². The summed E-state index contributed by atoms with van der Waals surface area (Å²) in [5.74, 6) is 0. The molecule has 55 heavy (non-hydrogen) atoms. The molecule has 0 aliphatic rings. The van der Waals surface area contributed by atoms with E-state index in [1.54, 1.807) is 0 Å². The fourth-order valence-electron chi connectivity index (χ4n) is 7.98. The Bertz CT molecular complexity index is 2800. The van der Waals surface area contributed by atoms with E-state index in [4.69, 9.17) is 0 Å². The van der Waals surface area contributed by atoms with Gasteiger partial charge in [0.2, 0.25) is 0 Å². The zero-order valence-electron chi connectivity index (χ0n) is 32.5. The minimum atomic E-state index is 0.0892. The molecule has 9 aromatic rings. The van der Waals surface area contributed by atoms with Gasteiger partial charge in [-0.25, -0.2) is 0 Å². The Morgan fingerprint density at radius 2 is 0.764 bits per heavy atom. The second-order valence-electron chi connectivity index (χ2n) is 16.7. The predicted molar refractivity (Wildman–Crippen MR) is 241 cm³/mol. The number of hydrogen-bond acceptors (Lipinski definition) is 3. The van der Waals surface area contributed by atoms with Gasteiger partial charge in [-0.1, -0.05) is 139 Å². The third-order valence-corrected chi connectivity index (χ3v) is 12.1. The fraction of sp³-hybridized carbons (Fsp3) is 0.154. The highest BCUT2D eigenvalue weighted by Crippen LogP contribution is 2.48. The van der Waals surface area contributed by atoms with Gasteiger partial charge in [0.25, 0.3) is 0 Å². The Morgan fingerprint density at radius 3 is 1.27 bits per heavy atom. The minimum absolute atomic E-state index is 0.0892. The van der Waals surface area contributed by atoms with E-state index in [2.05, 4.69) is 221 Å². The van der Waals surface area contributed by atoms with Crippen molar-refractivity contribution < 1.29 is 0 Å². The Kier molecular flexibility index (Phi) is 8.51. The molecule has 2 nitrogen and oxygen atoms in total. The maximum Gasteiger partial charge on any atom is 0.0476 e. The Labute approximate surface area is 328 Å². The lowest BCUT2D eigenvalue weighted by Crippen LogP contribution is -2.13. The molecule has 0 N–H and O–H groups in total. The molecular weight excluding hydrogens is 685 g/mol. The molecule has 0 aliphatic heterocycles. The van der Waals surface area contributed by atoms with Crippen LogP contribution in [0.3, 0.4) is 0 Å². The zero-order chi connectivity index (χ0) is 37.9.